The zero-order valence-electron chi connectivity index (χ0n) is 9.65. The Balaban J connectivity index is 2.46. The van der Waals surface area contributed by atoms with E-state index in [-0.39, 0.29) is 0 Å². The van der Waals surface area contributed by atoms with Crippen LogP contribution >= 0.6 is 0 Å². The predicted molar refractivity (Wildman–Crippen MR) is 61.8 cm³/mol. The zero-order chi connectivity index (χ0) is 12.4. The van der Waals surface area contributed by atoms with Gasteiger partial charge in [-0.05, 0) is 11.6 Å². The van der Waals surface area contributed by atoms with Gasteiger partial charge in [0.15, 0.2) is 17.8 Å². The third kappa shape index (κ3) is 1.84. The Labute approximate surface area is 98.7 Å². The summed E-state index contributed by atoms with van der Waals surface area (Å²) >= 11 is 0. The number of fused-ring (bicyclic) bond motifs is 1. The minimum atomic E-state index is -0.428. The Kier molecular flexibility index (Phi) is 2.99. The summed E-state index contributed by atoms with van der Waals surface area (Å²) in [5, 5.41) is 3.08. The SMILES string of the molecule is COc1cc2c(cc1OC)C(C(=O)C=O)CN2. The Bertz CT molecular complexity index is 470. The number of ketones is 1. The molecule has 90 valence electrons. The molecule has 0 fully saturated rings. The van der Waals surface area contributed by atoms with Crippen LogP contribution in [-0.4, -0.2) is 32.8 Å². The van der Waals surface area contributed by atoms with E-state index in [9.17, 15) is 9.59 Å². The lowest BCUT2D eigenvalue weighted by molar-refractivity contribution is -0.130. The number of carbonyl (C=O) groups excluding carboxylic acids is 2. The van der Waals surface area contributed by atoms with E-state index in [2.05, 4.69) is 5.32 Å². The fourth-order valence-electron chi connectivity index (χ4n) is 1.99. The summed E-state index contributed by atoms with van der Waals surface area (Å²) in [4.78, 5) is 22.0. The highest BCUT2D eigenvalue weighted by Crippen LogP contribution is 2.40. The molecular weight excluding hydrogens is 222 g/mol. The maximum absolute atomic E-state index is 11.5. The Morgan fingerprint density at radius 1 is 1.35 bits per heavy atom. The van der Waals surface area contributed by atoms with Crippen molar-refractivity contribution in [1.29, 1.82) is 0 Å². The fraction of sp³-hybridized carbons (Fsp3) is 0.333. The second kappa shape index (κ2) is 4.45. The molecule has 1 heterocycles. The van der Waals surface area contributed by atoms with Crippen LogP contribution in [0.1, 0.15) is 11.5 Å². The van der Waals surface area contributed by atoms with Crippen molar-refractivity contribution >= 4 is 17.8 Å². The number of rotatable bonds is 4. The number of carbonyl (C=O) groups is 2. The standard InChI is InChI=1S/C12H13NO4/c1-16-11-3-7-8(10(15)6-14)5-13-9(7)4-12(11)17-2/h3-4,6,8,13H,5H2,1-2H3. The molecule has 1 aliphatic heterocycles. The Morgan fingerprint density at radius 3 is 2.59 bits per heavy atom. The molecular formula is C12H13NO4. The molecule has 0 aromatic heterocycles. The van der Waals surface area contributed by atoms with Crippen LogP contribution in [0.15, 0.2) is 12.1 Å². The molecule has 0 spiro atoms. The molecule has 17 heavy (non-hydrogen) atoms. The van der Waals surface area contributed by atoms with Crippen LogP contribution in [-0.2, 0) is 9.59 Å². The summed E-state index contributed by atoms with van der Waals surface area (Å²) in [5.41, 5.74) is 1.59. The first kappa shape index (κ1) is 11.4. The van der Waals surface area contributed by atoms with Gasteiger partial charge < -0.3 is 14.8 Å². The van der Waals surface area contributed by atoms with Crippen LogP contribution in [0.5, 0.6) is 11.5 Å². The van der Waals surface area contributed by atoms with Crippen LogP contribution in [0.25, 0.3) is 0 Å². The first-order chi connectivity index (χ1) is 8.21. The Morgan fingerprint density at radius 2 is 2.00 bits per heavy atom. The van der Waals surface area contributed by atoms with Gasteiger partial charge in [-0.1, -0.05) is 0 Å². The molecule has 0 bridgehead atoms. The molecule has 0 aliphatic carbocycles. The summed E-state index contributed by atoms with van der Waals surface area (Å²) in [6.07, 6.45) is 0.359. The highest BCUT2D eigenvalue weighted by molar-refractivity contribution is 6.28. The van der Waals surface area contributed by atoms with E-state index in [0.29, 0.717) is 24.3 Å². The topological polar surface area (TPSA) is 64.6 Å². The molecule has 0 saturated heterocycles. The minimum absolute atomic E-state index is 0.359. The second-order valence-electron chi connectivity index (χ2n) is 3.75. The van der Waals surface area contributed by atoms with Gasteiger partial charge in [0.05, 0.1) is 20.1 Å². The van der Waals surface area contributed by atoms with Gasteiger partial charge >= 0.3 is 0 Å². The number of hydrogen-bond acceptors (Lipinski definition) is 5. The molecule has 0 radical (unpaired) electrons. The van der Waals surface area contributed by atoms with Crippen molar-refractivity contribution in [2.75, 3.05) is 26.1 Å². The van der Waals surface area contributed by atoms with Gasteiger partial charge in [0.25, 0.3) is 0 Å². The van der Waals surface area contributed by atoms with E-state index in [1.54, 1.807) is 19.2 Å². The zero-order valence-corrected chi connectivity index (χ0v) is 9.65. The summed E-state index contributed by atoms with van der Waals surface area (Å²) in [6.45, 7) is 0.434. The second-order valence-corrected chi connectivity index (χ2v) is 3.75. The maximum atomic E-state index is 11.5. The van der Waals surface area contributed by atoms with Gasteiger partial charge in [-0.15, -0.1) is 0 Å². The molecule has 1 N–H and O–H groups in total. The van der Waals surface area contributed by atoms with E-state index in [0.717, 1.165) is 11.3 Å². The summed E-state index contributed by atoms with van der Waals surface area (Å²) in [6, 6.07) is 3.51. The van der Waals surface area contributed by atoms with Crippen molar-refractivity contribution in [2.45, 2.75) is 5.92 Å². The monoisotopic (exact) mass is 235 g/mol. The van der Waals surface area contributed by atoms with Gasteiger partial charge in [-0.2, -0.15) is 0 Å². The normalized spacial score (nSPS) is 16.9. The molecule has 0 amide bonds. The largest absolute Gasteiger partial charge is 0.493 e. The molecule has 1 aliphatic rings. The lowest BCUT2D eigenvalue weighted by Crippen LogP contribution is -2.15. The lowest BCUT2D eigenvalue weighted by Gasteiger charge is -2.11. The van der Waals surface area contributed by atoms with E-state index >= 15 is 0 Å². The number of hydrogen-bond donors (Lipinski definition) is 1. The van der Waals surface area contributed by atoms with Gasteiger partial charge in [0.1, 0.15) is 0 Å². The third-order valence-electron chi connectivity index (χ3n) is 2.89. The average molecular weight is 235 g/mol. The van der Waals surface area contributed by atoms with Crippen LogP contribution in [0.2, 0.25) is 0 Å². The molecule has 1 atom stereocenters. The highest BCUT2D eigenvalue weighted by Gasteiger charge is 2.29. The molecule has 5 heteroatoms. The molecule has 1 aromatic rings. The van der Waals surface area contributed by atoms with Gasteiger partial charge in [-0.25, -0.2) is 0 Å². The fourth-order valence-corrected chi connectivity index (χ4v) is 1.99. The number of nitrogens with one attached hydrogen (secondary N) is 1. The smallest absolute Gasteiger partial charge is 0.204 e. The summed E-state index contributed by atoms with van der Waals surface area (Å²) in [7, 11) is 3.08. The van der Waals surface area contributed by atoms with E-state index in [1.165, 1.54) is 7.11 Å². The van der Waals surface area contributed by atoms with Crippen LogP contribution in [0.4, 0.5) is 5.69 Å². The van der Waals surface area contributed by atoms with Gasteiger partial charge in [0.2, 0.25) is 5.78 Å². The van der Waals surface area contributed by atoms with Crippen molar-refractivity contribution in [1.82, 2.24) is 0 Å². The highest BCUT2D eigenvalue weighted by atomic mass is 16.5. The van der Waals surface area contributed by atoms with Crippen molar-refractivity contribution in [3.05, 3.63) is 17.7 Å². The number of benzene rings is 1. The maximum Gasteiger partial charge on any atom is 0.204 e. The first-order valence-corrected chi connectivity index (χ1v) is 5.20. The summed E-state index contributed by atoms with van der Waals surface area (Å²) < 4.78 is 10.3. The van der Waals surface area contributed by atoms with Gasteiger partial charge in [-0.3, -0.25) is 9.59 Å². The first-order valence-electron chi connectivity index (χ1n) is 5.20. The minimum Gasteiger partial charge on any atom is -0.493 e. The molecule has 2 rings (SSSR count). The number of ether oxygens (including phenoxy) is 2. The number of Topliss-reactive ketones (excluding diaryl/α,β-unsaturated/α-hetero) is 1. The number of anilines is 1. The molecule has 1 unspecified atom stereocenters. The third-order valence-corrected chi connectivity index (χ3v) is 2.89. The van der Waals surface area contributed by atoms with Crippen molar-refractivity contribution < 1.29 is 19.1 Å². The van der Waals surface area contributed by atoms with E-state index in [4.69, 9.17) is 9.47 Å². The van der Waals surface area contributed by atoms with E-state index < -0.39 is 11.7 Å². The van der Waals surface area contributed by atoms with Crippen LogP contribution in [0.3, 0.4) is 0 Å². The quantitative estimate of drug-likeness (QED) is 0.622. The van der Waals surface area contributed by atoms with Crippen molar-refractivity contribution in [3.63, 3.8) is 0 Å². The van der Waals surface area contributed by atoms with Crippen molar-refractivity contribution in [2.24, 2.45) is 0 Å². The Hall–Kier alpha value is -2.04. The lowest BCUT2D eigenvalue weighted by atomic mass is 9.97. The summed E-state index contributed by atoms with van der Waals surface area (Å²) in [5.74, 6) is 0.294. The number of aldehydes is 1. The molecule has 5 nitrogen and oxygen atoms in total. The van der Waals surface area contributed by atoms with Crippen molar-refractivity contribution in [3.8, 4) is 11.5 Å². The molecule has 1 aromatic carbocycles. The number of methoxy groups -OCH3 is 2. The van der Waals surface area contributed by atoms with Crippen LogP contribution in [0, 0.1) is 0 Å². The molecule has 0 saturated carbocycles. The predicted octanol–water partition coefficient (Wildman–Crippen LogP) is 0.981. The van der Waals surface area contributed by atoms with E-state index in [1.807, 2.05) is 0 Å². The van der Waals surface area contributed by atoms with Gasteiger partial charge in [0, 0.05) is 18.3 Å². The average Bonchev–Trinajstić information content (AvgIpc) is 2.78. The van der Waals surface area contributed by atoms with Crippen LogP contribution < -0.4 is 14.8 Å².